The molecule has 0 saturated carbocycles. The summed E-state index contributed by atoms with van der Waals surface area (Å²) in [5, 5.41) is 0. The smallest absolute Gasteiger partial charge is 0.396 e. The van der Waals surface area contributed by atoms with E-state index in [0.29, 0.717) is 5.92 Å². The molecule has 0 saturated heterocycles. The summed E-state index contributed by atoms with van der Waals surface area (Å²) in [6.45, 7) is 10.2. The van der Waals surface area contributed by atoms with E-state index in [9.17, 15) is 4.79 Å². The lowest BCUT2D eigenvalue weighted by atomic mass is 10.1. The van der Waals surface area contributed by atoms with Crippen molar-refractivity contribution in [2.24, 2.45) is 5.92 Å². The minimum atomic E-state index is -0.570. The molecule has 1 heterocycles. The highest BCUT2D eigenvalue weighted by Gasteiger charge is 2.12. The average molecular weight is 214 g/mol. The van der Waals surface area contributed by atoms with Crippen molar-refractivity contribution in [3.63, 3.8) is 0 Å². The standard InChI is InChI=1S/C10H16O3.C2H6/c1-4-5-8-9(6-7(2)3)13-10(11)12-8;1-2/h7H,4-6H2,1-3H3;1-2H3. The molecule has 0 amide bonds. The Morgan fingerprint density at radius 3 is 2.13 bits per heavy atom. The summed E-state index contributed by atoms with van der Waals surface area (Å²) in [4.78, 5) is 10.8. The molecule has 0 aliphatic heterocycles. The second-order valence-electron chi connectivity index (χ2n) is 3.65. The first-order chi connectivity index (χ1) is 7.13. The number of aryl methyl sites for hydroxylation is 1. The van der Waals surface area contributed by atoms with Gasteiger partial charge in [-0.25, -0.2) is 4.79 Å². The van der Waals surface area contributed by atoms with Gasteiger partial charge in [-0.05, 0) is 12.3 Å². The largest absolute Gasteiger partial charge is 0.519 e. The van der Waals surface area contributed by atoms with Crippen LogP contribution in [0.5, 0.6) is 0 Å². The first kappa shape index (κ1) is 14.0. The third kappa shape index (κ3) is 4.86. The molecule has 0 bridgehead atoms. The van der Waals surface area contributed by atoms with Crippen LogP contribution >= 0.6 is 0 Å². The summed E-state index contributed by atoms with van der Waals surface area (Å²) in [6, 6.07) is 0. The summed E-state index contributed by atoms with van der Waals surface area (Å²) in [6.07, 6.45) is 2.53. The molecule has 0 N–H and O–H groups in total. The van der Waals surface area contributed by atoms with Crippen LogP contribution in [0.2, 0.25) is 0 Å². The van der Waals surface area contributed by atoms with Crippen molar-refractivity contribution in [2.45, 2.75) is 53.9 Å². The molecule has 1 rings (SSSR count). The van der Waals surface area contributed by atoms with Gasteiger partial charge in [-0.15, -0.1) is 0 Å². The fourth-order valence-electron chi connectivity index (χ4n) is 1.28. The Balaban J connectivity index is 0.000000921. The van der Waals surface area contributed by atoms with Crippen LogP contribution in [-0.2, 0) is 12.8 Å². The molecule has 0 aliphatic rings. The highest BCUT2D eigenvalue weighted by molar-refractivity contribution is 5.04. The van der Waals surface area contributed by atoms with Gasteiger partial charge in [0.2, 0.25) is 0 Å². The predicted octanol–water partition coefficient (Wildman–Crippen LogP) is 3.41. The quantitative estimate of drug-likeness (QED) is 0.771. The lowest BCUT2D eigenvalue weighted by Crippen LogP contribution is -1.96. The zero-order chi connectivity index (χ0) is 11.8. The predicted molar refractivity (Wildman–Crippen MR) is 61.1 cm³/mol. The molecule has 1 aromatic rings. The Morgan fingerprint density at radius 1 is 1.13 bits per heavy atom. The summed E-state index contributed by atoms with van der Waals surface area (Å²) in [5.41, 5.74) is 0. The third-order valence-corrected chi connectivity index (χ3v) is 1.79. The van der Waals surface area contributed by atoms with Gasteiger partial charge in [0.25, 0.3) is 0 Å². The Hall–Kier alpha value is -0.990. The summed E-state index contributed by atoms with van der Waals surface area (Å²) >= 11 is 0. The Kier molecular flexibility index (Phi) is 6.84. The fourth-order valence-corrected chi connectivity index (χ4v) is 1.28. The van der Waals surface area contributed by atoms with Gasteiger partial charge in [-0.2, -0.15) is 0 Å². The average Bonchev–Trinajstić information content (AvgIpc) is 2.49. The minimum Gasteiger partial charge on any atom is -0.396 e. The van der Waals surface area contributed by atoms with E-state index in [4.69, 9.17) is 8.83 Å². The van der Waals surface area contributed by atoms with Crippen molar-refractivity contribution in [1.29, 1.82) is 0 Å². The van der Waals surface area contributed by atoms with Crippen LogP contribution in [0.4, 0.5) is 0 Å². The van der Waals surface area contributed by atoms with Gasteiger partial charge in [0.05, 0.1) is 0 Å². The van der Waals surface area contributed by atoms with Crippen LogP contribution in [0.15, 0.2) is 13.6 Å². The van der Waals surface area contributed by atoms with Crippen LogP contribution in [0, 0.1) is 5.92 Å². The van der Waals surface area contributed by atoms with Crippen molar-refractivity contribution in [3.05, 3.63) is 22.1 Å². The van der Waals surface area contributed by atoms with Crippen molar-refractivity contribution >= 4 is 0 Å². The molecule has 15 heavy (non-hydrogen) atoms. The van der Waals surface area contributed by atoms with Crippen LogP contribution in [0.3, 0.4) is 0 Å². The van der Waals surface area contributed by atoms with Gasteiger partial charge >= 0.3 is 5.82 Å². The topological polar surface area (TPSA) is 43.4 Å². The maximum absolute atomic E-state index is 10.8. The monoisotopic (exact) mass is 214 g/mol. The van der Waals surface area contributed by atoms with Crippen LogP contribution < -0.4 is 5.82 Å². The van der Waals surface area contributed by atoms with E-state index in [0.717, 1.165) is 30.8 Å². The van der Waals surface area contributed by atoms with Crippen molar-refractivity contribution in [3.8, 4) is 0 Å². The molecule has 0 atom stereocenters. The molecular formula is C12H22O3. The molecule has 3 heteroatoms. The molecule has 0 spiro atoms. The Bertz CT molecular complexity index is 307. The Labute approximate surface area is 91.5 Å². The SMILES string of the molecule is CC.CCCc1oc(=O)oc1CC(C)C. The second-order valence-corrected chi connectivity index (χ2v) is 3.65. The highest BCUT2D eigenvalue weighted by Crippen LogP contribution is 2.13. The first-order valence-corrected chi connectivity index (χ1v) is 5.75. The zero-order valence-electron chi connectivity index (χ0n) is 10.4. The number of hydrogen-bond acceptors (Lipinski definition) is 3. The van der Waals surface area contributed by atoms with Crippen LogP contribution in [0.25, 0.3) is 0 Å². The van der Waals surface area contributed by atoms with E-state index in [1.165, 1.54) is 0 Å². The van der Waals surface area contributed by atoms with Gasteiger partial charge in [0.15, 0.2) is 0 Å². The van der Waals surface area contributed by atoms with Gasteiger partial charge in [0, 0.05) is 12.8 Å². The third-order valence-electron chi connectivity index (χ3n) is 1.79. The number of hydrogen-bond donors (Lipinski definition) is 0. The summed E-state index contributed by atoms with van der Waals surface area (Å²) < 4.78 is 9.89. The van der Waals surface area contributed by atoms with E-state index in [1.807, 2.05) is 20.8 Å². The summed E-state index contributed by atoms with van der Waals surface area (Å²) in [7, 11) is 0. The molecule has 0 unspecified atom stereocenters. The molecule has 88 valence electrons. The van der Waals surface area contributed by atoms with Crippen molar-refractivity contribution in [1.82, 2.24) is 0 Å². The van der Waals surface area contributed by atoms with Crippen molar-refractivity contribution < 1.29 is 8.83 Å². The van der Waals surface area contributed by atoms with Gasteiger partial charge in [0.1, 0.15) is 11.5 Å². The lowest BCUT2D eigenvalue weighted by Gasteiger charge is -2.00. The molecule has 0 radical (unpaired) electrons. The molecule has 1 aromatic heterocycles. The van der Waals surface area contributed by atoms with E-state index >= 15 is 0 Å². The summed E-state index contributed by atoms with van der Waals surface area (Å²) in [5.74, 6) is 1.36. The first-order valence-electron chi connectivity index (χ1n) is 5.75. The zero-order valence-corrected chi connectivity index (χ0v) is 10.4. The van der Waals surface area contributed by atoms with E-state index in [1.54, 1.807) is 0 Å². The fraction of sp³-hybridized carbons (Fsp3) is 0.750. The van der Waals surface area contributed by atoms with Gasteiger partial charge in [-0.3, -0.25) is 0 Å². The van der Waals surface area contributed by atoms with Gasteiger partial charge in [-0.1, -0.05) is 34.6 Å². The van der Waals surface area contributed by atoms with E-state index in [-0.39, 0.29) is 0 Å². The minimum absolute atomic E-state index is 0.483. The highest BCUT2D eigenvalue weighted by atomic mass is 16.6. The molecule has 3 nitrogen and oxygen atoms in total. The normalized spacial score (nSPS) is 10.0. The molecular weight excluding hydrogens is 192 g/mol. The Morgan fingerprint density at radius 2 is 1.67 bits per heavy atom. The second kappa shape index (κ2) is 7.32. The van der Waals surface area contributed by atoms with Gasteiger partial charge < -0.3 is 8.83 Å². The van der Waals surface area contributed by atoms with E-state index in [2.05, 4.69) is 13.8 Å². The molecule has 0 fully saturated rings. The lowest BCUT2D eigenvalue weighted by molar-refractivity contribution is 0.361. The van der Waals surface area contributed by atoms with Crippen molar-refractivity contribution in [2.75, 3.05) is 0 Å². The molecule has 0 aromatic carbocycles. The maximum Gasteiger partial charge on any atom is 0.519 e. The van der Waals surface area contributed by atoms with E-state index < -0.39 is 5.82 Å². The number of rotatable bonds is 4. The molecule has 0 aliphatic carbocycles. The maximum atomic E-state index is 10.8. The van der Waals surface area contributed by atoms with Crippen LogP contribution in [-0.4, -0.2) is 0 Å². The van der Waals surface area contributed by atoms with Crippen LogP contribution in [0.1, 0.15) is 52.6 Å².